The van der Waals surface area contributed by atoms with E-state index in [9.17, 15) is 4.79 Å². The number of amides is 1. The average molecular weight is 310 g/mol. The first-order chi connectivity index (χ1) is 11.2. The highest BCUT2D eigenvalue weighted by Crippen LogP contribution is 2.40. The molecule has 2 aromatic heterocycles. The molecule has 1 atom stereocenters. The van der Waals surface area contributed by atoms with Crippen molar-refractivity contribution in [3.05, 3.63) is 42.7 Å². The molecule has 0 saturated heterocycles. The van der Waals surface area contributed by atoms with Gasteiger partial charge in [0.2, 0.25) is 5.91 Å². The Bertz CT molecular complexity index is 847. The number of rotatable bonds is 5. The Morgan fingerprint density at radius 2 is 2.17 bits per heavy atom. The minimum atomic E-state index is -0.0650. The summed E-state index contributed by atoms with van der Waals surface area (Å²) >= 11 is 0. The standard InChI is InChI=1S/C16H18N6O/c1-21-16(17-9-19-21)15(11-6-7-11)20-14(23)8-22-10-18-12-4-2-3-5-13(12)22/h2-5,9-11,15H,6-8H2,1H3,(H,20,23). The fourth-order valence-corrected chi connectivity index (χ4v) is 2.92. The van der Waals surface area contributed by atoms with Gasteiger partial charge in [-0.05, 0) is 30.9 Å². The molecule has 7 nitrogen and oxygen atoms in total. The molecule has 4 rings (SSSR count). The second-order valence-electron chi connectivity index (χ2n) is 5.99. The molecule has 0 aliphatic heterocycles. The average Bonchev–Trinajstić information content (AvgIpc) is 3.19. The Balaban J connectivity index is 1.51. The Labute approximate surface area is 133 Å². The summed E-state index contributed by atoms with van der Waals surface area (Å²) in [7, 11) is 1.85. The first-order valence-corrected chi connectivity index (χ1v) is 7.75. The zero-order valence-electron chi connectivity index (χ0n) is 12.9. The largest absolute Gasteiger partial charge is 0.344 e. The molecule has 1 aromatic carbocycles. The number of nitrogens with one attached hydrogen (secondary N) is 1. The number of benzene rings is 1. The molecule has 23 heavy (non-hydrogen) atoms. The Morgan fingerprint density at radius 1 is 1.35 bits per heavy atom. The molecular formula is C16H18N6O. The molecule has 7 heteroatoms. The number of hydrogen-bond donors (Lipinski definition) is 1. The summed E-state index contributed by atoms with van der Waals surface area (Å²) in [6.45, 7) is 0.252. The third-order valence-electron chi connectivity index (χ3n) is 4.28. The summed E-state index contributed by atoms with van der Waals surface area (Å²) in [5.74, 6) is 1.24. The highest BCUT2D eigenvalue weighted by atomic mass is 16.2. The van der Waals surface area contributed by atoms with Gasteiger partial charge in [-0.3, -0.25) is 9.48 Å². The van der Waals surface area contributed by atoms with Gasteiger partial charge >= 0.3 is 0 Å². The Kier molecular flexibility index (Phi) is 3.33. The second kappa shape index (κ2) is 5.49. The molecule has 0 spiro atoms. The van der Waals surface area contributed by atoms with Crippen molar-refractivity contribution in [1.29, 1.82) is 0 Å². The minimum Gasteiger partial charge on any atom is -0.344 e. The van der Waals surface area contributed by atoms with Crippen LogP contribution in [-0.2, 0) is 18.4 Å². The third kappa shape index (κ3) is 2.69. The number of aryl methyl sites for hydroxylation is 1. The maximum atomic E-state index is 12.5. The van der Waals surface area contributed by atoms with Crippen LogP contribution in [0.2, 0.25) is 0 Å². The van der Waals surface area contributed by atoms with E-state index in [1.54, 1.807) is 11.0 Å². The summed E-state index contributed by atoms with van der Waals surface area (Å²) in [5, 5.41) is 7.22. The van der Waals surface area contributed by atoms with Crippen LogP contribution in [0.1, 0.15) is 24.7 Å². The van der Waals surface area contributed by atoms with Crippen molar-refractivity contribution >= 4 is 16.9 Å². The van der Waals surface area contributed by atoms with Gasteiger partial charge in [-0.1, -0.05) is 12.1 Å². The van der Waals surface area contributed by atoms with Crippen LogP contribution in [0.4, 0.5) is 0 Å². The first kappa shape index (κ1) is 13.9. The Hall–Kier alpha value is -2.70. The van der Waals surface area contributed by atoms with E-state index in [4.69, 9.17) is 0 Å². The van der Waals surface area contributed by atoms with E-state index in [1.807, 2.05) is 35.9 Å². The lowest BCUT2D eigenvalue weighted by Crippen LogP contribution is -2.34. The van der Waals surface area contributed by atoms with Gasteiger partial charge in [0.1, 0.15) is 18.7 Å². The lowest BCUT2D eigenvalue weighted by Gasteiger charge is -2.17. The van der Waals surface area contributed by atoms with Crippen molar-refractivity contribution in [2.45, 2.75) is 25.4 Å². The number of carbonyl (C=O) groups excluding carboxylic acids is 1. The fourth-order valence-electron chi connectivity index (χ4n) is 2.92. The number of hydrogen-bond acceptors (Lipinski definition) is 4. The summed E-state index contributed by atoms with van der Waals surface area (Å²) in [6, 6.07) is 7.74. The number of imidazole rings is 1. The smallest absolute Gasteiger partial charge is 0.240 e. The molecule has 1 saturated carbocycles. The number of nitrogens with zero attached hydrogens (tertiary/aromatic N) is 5. The minimum absolute atomic E-state index is 0.0342. The zero-order chi connectivity index (χ0) is 15.8. The highest BCUT2D eigenvalue weighted by molar-refractivity contribution is 5.80. The fraction of sp³-hybridized carbons (Fsp3) is 0.375. The van der Waals surface area contributed by atoms with Gasteiger partial charge in [0.25, 0.3) is 0 Å². The van der Waals surface area contributed by atoms with Gasteiger partial charge in [0.15, 0.2) is 0 Å². The van der Waals surface area contributed by atoms with E-state index in [0.29, 0.717) is 5.92 Å². The van der Waals surface area contributed by atoms with E-state index >= 15 is 0 Å². The van der Waals surface area contributed by atoms with Crippen LogP contribution in [0.15, 0.2) is 36.9 Å². The van der Waals surface area contributed by atoms with Crippen LogP contribution < -0.4 is 5.32 Å². The van der Waals surface area contributed by atoms with E-state index in [0.717, 1.165) is 29.7 Å². The first-order valence-electron chi connectivity index (χ1n) is 7.75. The molecule has 0 radical (unpaired) electrons. The monoisotopic (exact) mass is 310 g/mol. The predicted molar refractivity (Wildman–Crippen MR) is 84.3 cm³/mol. The molecular weight excluding hydrogens is 292 g/mol. The maximum absolute atomic E-state index is 12.5. The van der Waals surface area contributed by atoms with Gasteiger partial charge in [-0.15, -0.1) is 0 Å². The maximum Gasteiger partial charge on any atom is 0.240 e. The molecule has 1 aliphatic rings. The number of carbonyl (C=O) groups is 1. The van der Waals surface area contributed by atoms with Crippen LogP contribution in [0.5, 0.6) is 0 Å². The second-order valence-corrected chi connectivity index (χ2v) is 5.99. The van der Waals surface area contributed by atoms with E-state index in [1.165, 1.54) is 6.33 Å². The molecule has 0 bridgehead atoms. The summed E-state index contributed by atoms with van der Waals surface area (Å²) in [4.78, 5) is 21.1. The summed E-state index contributed by atoms with van der Waals surface area (Å²) in [6.07, 6.45) is 5.47. The molecule has 1 N–H and O–H groups in total. The van der Waals surface area contributed by atoms with Gasteiger partial charge in [-0.25, -0.2) is 9.97 Å². The lowest BCUT2D eigenvalue weighted by atomic mass is 10.1. The molecule has 2 heterocycles. The van der Waals surface area contributed by atoms with Crippen molar-refractivity contribution in [1.82, 2.24) is 29.6 Å². The molecule has 1 amide bonds. The van der Waals surface area contributed by atoms with Crippen LogP contribution in [0.3, 0.4) is 0 Å². The van der Waals surface area contributed by atoms with Crippen LogP contribution in [0, 0.1) is 5.92 Å². The normalized spacial score (nSPS) is 15.7. The van der Waals surface area contributed by atoms with E-state index in [-0.39, 0.29) is 18.5 Å². The van der Waals surface area contributed by atoms with E-state index in [2.05, 4.69) is 20.4 Å². The molecule has 1 aliphatic carbocycles. The van der Waals surface area contributed by atoms with Crippen molar-refractivity contribution in [3.8, 4) is 0 Å². The van der Waals surface area contributed by atoms with Gasteiger partial charge in [0.05, 0.1) is 23.4 Å². The molecule has 118 valence electrons. The van der Waals surface area contributed by atoms with E-state index < -0.39 is 0 Å². The topological polar surface area (TPSA) is 77.6 Å². The molecule has 3 aromatic rings. The number of fused-ring (bicyclic) bond motifs is 1. The highest BCUT2D eigenvalue weighted by Gasteiger charge is 2.36. The third-order valence-corrected chi connectivity index (χ3v) is 4.28. The predicted octanol–water partition coefficient (Wildman–Crippen LogP) is 1.43. The van der Waals surface area contributed by atoms with Crippen molar-refractivity contribution in [2.75, 3.05) is 0 Å². The van der Waals surface area contributed by atoms with Gasteiger partial charge in [0, 0.05) is 7.05 Å². The lowest BCUT2D eigenvalue weighted by molar-refractivity contribution is -0.122. The van der Waals surface area contributed by atoms with Crippen molar-refractivity contribution in [3.63, 3.8) is 0 Å². The summed E-state index contributed by atoms with van der Waals surface area (Å²) in [5.41, 5.74) is 1.86. The van der Waals surface area contributed by atoms with Crippen molar-refractivity contribution in [2.24, 2.45) is 13.0 Å². The van der Waals surface area contributed by atoms with Crippen LogP contribution in [0.25, 0.3) is 11.0 Å². The molecule has 1 unspecified atom stereocenters. The molecule has 1 fully saturated rings. The number of para-hydroxylation sites is 2. The summed E-state index contributed by atoms with van der Waals surface area (Å²) < 4.78 is 3.60. The SMILES string of the molecule is Cn1ncnc1C(NC(=O)Cn1cnc2ccccc21)C1CC1. The van der Waals surface area contributed by atoms with Crippen molar-refractivity contribution < 1.29 is 4.79 Å². The van der Waals surface area contributed by atoms with Gasteiger partial charge < -0.3 is 9.88 Å². The van der Waals surface area contributed by atoms with Crippen LogP contribution in [-0.4, -0.2) is 30.2 Å². The van der Waals surface area contributed by atoms with Gasteiger partial charge in [-0.2, -0.15) is 5.10 Å². The van der Waals surface area contributed by atoms with Crippen LogP contribution >= 0.6 is 0 Å². The Morgan fingerprint density at radius 3 is 2.91 bits per heavy atom. The quantitative estimate of drug-likeness (QED) is 0.773. The zero-order valence-corrected chi connectivity index (χ0v) is 12.9. The number of aromatic nitrogens is 5.